The molecule has 2 heterocycles. The van der Waals surface area contributed by atoms with E-state index in [9.17, 15) is 14.7 Å². The molecule has 0 aromatic rings. The van der Waals surface area contributed by atoms with Crippen molar-refractivity contribution in [3.63, 3.8) is 0 Å². The molecule has 5 nitrogen and oxygen atoms in total. The molecular weight excluding hydrogens is 264 g/mol. The zero-order valence-corrected chi connectivity index (χ0v) is 12.0. The van der Waals surface area contributed by atoms with E-state index < -0.39 is 12.0 Å². The molecule has 2 unspecified atom stereocenters. The Hall–Kier alpha value is -0.910. The van der Waals surface area contributed by atoms with Gasteiger partial charge in [0.15, 0.2) is 0 Å². The second-order valence-electron chi connectivity index (χ2n) is 5.22. The summed E-state index contributed by atoms with van der Waals surface area (Å²) in [6.45, 7) is 1.22. The number of carbonyl (C=O) groups is 2. The predicted octanol–water partition coefficient (Wildman–Crippen LogP) is 1.92. The van der Waals surface area contributed by atoms with Crippen molar-refractivity contribution < 1.29 is 14.7 Å². The Morgan fingerprint density at radius 3 is 2.74 bits per heavy atom. The molecule has 0 spiro atoms. The molecule has 0 saturated carbocycles. The van der Waals surface area contributed by atoms with Crippen molar-refractivity contribution in [2.24, 2.45) is 0 Å². The number of nitrogens with zero attached hydrogens (tertiary/aromatic N) is 1. The number of amides is 2. The van der Waals surface area contributed by atoms with Gasteiger partial charge in [-0.15, -0.1) is 0 Å². The molecule has 2 rings (SSSR count). The molecule has 0 bridgehead atoms. The Balaban J connectivity index is 1.88. The zero-order valence-electron chi connectivity index (χ0n) is 11.1. The Morgan fingerprint density at radius 1 is 1.21 bits per heavy atom. The van der Waals surface area contributed by atoms with E-state index >= 15 is 0 Å². The number of nitrogens with one attached hydrogen (secondary N) is 1. The fraction of sp³-hybridized carbons (Fsp3) is 0.846. The van der Waals surface area contributed by atoms with E-state index in [0.29, 0.717) is 24.8 Å². The fourth-order valence-electron chi connectivity index (χ4n) is 2.72. The van der Waals surface area contributed by atoms with Crippen molar-refractivity contribution in [3.8, 4) is 0 Å². The molecule has 2 saturated heterocycles. The monoisotopic (exact) mass is 286 g/mol. The highest BCUT2D eigenvalue weighted by atomic mass is 32.2. The number of carboxylic acid groups (broad SMARTS) is 1. The highest BCUT2D eigenvalue weighted by molar-refractivity contribution is 8.00. The van der Waals surface area contributed by atoms with Crippen LogP contribution in [0.4, 0.5) is 4.79 Å². The smallest absolute Gasteiger partial charge is 0.326 e. The number of hydrogen-bond acceptors (Lipinski definition) is 3. The van der Waals surface area contributed by atoms with Crippen LogP contribution in [0.25, 0.3) is 0 Å². The van der Waals surface area contributed by atoms with Gasteiger partial charge in [0.1, 0.15) is 6.04 Å². The number of urea groups is 1. The maximum absolute atomic E-state index is 12.2. The summed E-state index contributed by atoms with van der Waals surface area (Å²) in [5.41, 5.74) is 0. The van der Waals surface area contributed by atoms with Crippen molar-refractivity contribution in [1.82, 2.24) is 10.2 Å². The van der Waals surface area contributed by atoms with Crippen LogP contribution in [0, 0.1) is 0 Å². The van der Waals surface area contributed by atoms with Crippen molar-refractivity contribution in [3.05, 3.63) is 0 Å². The number of likely N-dealkylation sites (tertiary alicyclic amines) is 1. The minimum absolute atomic E-state index is 0.207. The van der Waals surface area contributed by atoms with Gasteiger partial charge in [-0.2, -0.15) is 11.8 Å². The second kappa shape index (κ2) is 7.03. The molecule has 2 fully saturated rings. The van der Waals surface area contributed by atoms with Crippen LogP contribution < -0.4 is 5.32 Å². The van der Waals surface area contributed by atoms with E-state index in [1.165, 1.54) is 17.1 Å². The first kappa shape index (κ1) is 14.5. The summed E-state index contributed by atoms with van der Waals surface area (Å²) in [6, 6.07) is -0.861. The van der Waals surface area contributed by atoms with E-state index in [4.69, 9.17) is 0 Å². The predicted molar refractivity (Wildman–Crippen MR) is 75.5 cm³/mol. The zero-order chi connectivity index (χ0) is 13.7. The molecular formula is C13H22N2O3S. The lowest BCUT2D eigenvalue weighted by Crippen LogP contribution is -2.50. The normalized spacial score (nSPS) is 27.9. The Kier molecular flexibility index (Phi) is 5.36. The van der Waals surface area contributed by atoms with Crippen molar-refractivity contribution in [2.75, 3.05) is 18.8 Å². The third-order valence-corrected chi connectivity index (χ3v) is 5.20. The number of carbonyl (C=O) groups excluding carboxylic acids is 1. The Labute approximate surface area is 118 Å². The van der Waals surface area contributed by atoms with Gasteiger partial charge < -0.3 is 15.3 Å². The quantitative estimate of drug-likeness (QED) is 0.831. The number of hydrogen-bond donors (Lipinski definition) is 2. The molecule has 2 atom stereocenters. The molecule has 0 aromatic heterocycles. The summed E-state index contributed by atoms with van der Waals surface area (Å²) in [4.78, 5) is 24.9. The van der Waals surface area contributed by atoms with E-state index in [2.05, 4.69) is 5.32 Å². The van der Waals surface area contributed by atoms with Gasteiger partial charge in [0.2, 0.25) is 0 Å². The van der Waals surface area contributed by atoms with Crippen molar-refractivity contribution in [2.45, 2.75) is 49.8 Å². The molecule has 19 heavy (non-hydrogen) atoms. The van der Waals surface area contributed by atoms with Crippen molar-refractivity contribution in [1.29, 1.82) is 0 Å². The van der Waals surface area contributed by atoms with Gasteiger partial charge in [-0.25, -0.2) is 9.59 Å². The minimum Gasteiger partial charge on any atom is -0.480 e. The number of thioether (sulfide) groups is 1. The molecule has 2 aliphatic rings. The standard InChI is InChI=1S/C13H22N2O3S/c16-12(17)11-6-2-1-3-7-15(11)13(18)14-9-10-5-4-8-19-10/h10-11H,1-9H2,(H,14,18)(H,16,17). The van der Waals surface area contributed by atoms with Crippen LogP contribution >= 0.6 is 11.8 Å². The van der Waals surface area contributed by atoms with E-state index in [1.807, 2.05) is 11.8 Å². The first-order chi connectivity index (χ1) is 9.18. The minimum atomic E-state index is -0.882. The van der Waals surface area contributed by atoms with Crippen LogP contribution in [0.3, 0.4) is 0 Å². The van der Waals surface area contributed by atoms with Gasteiger partial charge in [-0.3, -0.25) is 0 Å². The highest BCUT2D eigenvalue weighted by Crippen LogP contribution is 2.25. The lowest BCUT2D eigenvalue weighted by Gasteiger charge is -2.27. The van der Waals surface area contributed by atoms with E-state index in [1.54, 1.807) is 0 Å². The molecule has 6 heteroatoms. The Bertz CT molecular complexity index is 332. The summed E-state index contributed by atoms with van der Waals surface area (Å²) < 4.78 is 0. The lowest BCUT2D eigenvalue weighted by molar-refractivity contribution is -0.142. The SMILES string of the molecule is O=C(O)C1CCCCCN1C(=O)NCC1CCCS1. The Morgan fingerprint density at radius 2 is 2.05 bits per heavy atom. The molecule has 2 amide bonds. The third kappa shape index (κ3) is 4.03. The average Bonchev–Trinajstić information content (AvgIpc) is 2.77. The molecule has 0 aromatic carbocycles. The summed E-state index contributed by atoms with van der Waals surface area (Å²) in [5, 5.41) is 12.6. The molecule has 2 N–H and O–H groups in total. The molecule has 108 valence electrons. The van der Waals surface area contributed by atoms with Crippen LogP contribution in [0.5, 0.6) is 0 Å². The molecule has 2 aliphatic heterocycles. The van der Waals surface area contributed by atoms with Gasteiger partial charge in [-0.1, -0.05) is 12.8 Å². The van der Waals surface area contributed by atoms with Gasteiger partial charge in [0.25, 0.3) is 0 Å². The topological polar surface area (TPSA) is 69.6 Å². The van der Waals surface area contributed by atoms with Crippen LogP contribution in [-0.4, -0.2) is 52.1 Å². The van der Waals surface area contributed by atoms with Gasteiger partial charge in [-0.05, 0) is 31.4 Å². The van der Waals surface area contributed by atoms with Gasteiger partial charge in [0, 0.05) is 18.3 Å². The van der Waals surface area contributed by atoms with E-state index in [0.717, 1.165) is 25.7 Å². The number of aliphatic carboxylic acids is 1. The van der Waals surface area contributed by atoms with Gasteiger partial charge in [0.05, 0.1) is 0 Å². The first-order valence-electron chi connectivity index (χ1n) is 7.07. The van der Waals surface area contributed by atoms with Crippen LogP contribution in [0.15, 0.2) is 0 Å². The number of carboxylic acids is 1. The van der Waals surface area contributed by atoms with Crippen LogP contribution in [0.1, 0.15) is 38.5 Å². The lowest BCUT2D eigenvalue weighted by atomic mass is 10.1. The summed E-state index contributed by atoms with van der Waals surface area (Å²) in [6.07, 6.45) is 5.72. The summed E-state index contributed by atoms with van der Waals surface area (Å²) in [7, 11) is 0. The van der Waals surface area contributed by atoms with E-state index in [-0.39, 0.29) is 6.03 Å². The summed E-state index contributed by atoms with van der Waals surface area (Å²) in [5.74, 6) is 0.287. The first-order valence-corrected chi connectivity index (χ1v) is 8.12. The van der Waals surface area contributed by atoms with Gasteiger partial charge >= 0.3 is 12.0 Å². The second-order valence-corrected chi connectivity index (χ2v) is 6.63. The fourth-order valence-corrected chi connectivity index (χ4v) is 3.92. The highest BCUT2D eigenvalue weighted by Gasteiger charge is 2.31. The van der Waals surface area contributed by atoms with Crippen molar-refractivity contribution >= 4 is 23.8 Å². The average molecular weight is 286 g/mol. The third-order valence-electron chi connectivity index (χ3n) is 3.80. The maximum Gasteiger partial charge on any atom is 0.326 e. The molecule has 0 radical (unpaired) electrons. The number of rotatable bonds is 3. The maximum atomic E-state index is 12.2. The van der Waals surface area contributed by atoms with Crippen LogP contribution in [0.2, 0.25) is 0 Å². The largest absolute Gasteiger partial charge is 0.480 e. The summed E-state index contributed by atoms with van der Waals surface area (Å²) >= 11 is 1.89. The van der Waals surface area contributed by atoms with Crippen LogP contribution in [-0.2, 0) is 4.79 Å². The molecule has 0 aliphatic carbocycles.